The molecule has 14 aromatic rings. The highest BCUT2D eigenvalue weighted by Gasteiger charge is 2.37. The molecule has 0 bridgehead atoms. The Bertz CT molecular complexity index is 5120. The van der Waals surface area contributed by atoms with Crippen LogP contribution in [-0.4, -0.2) is 0 Å². The lowest BCUT2D eigenvalue weighted by Gasteiger charge is -2.33. The summed E-state index contributed by atoms with van der Waals surface area (Å²) in [5.74, 6) is 1.77. The lowest BCUT2D eigenvalue weighted by Crippen LogP contribution is -2.18. The van der Waals surface area contributed by atoms with Crippen LogP contribution < -0.4 is 24.3 Å². The van der Waals surface area contributed by atoms with E-state index >= 15 is 0 Å². The van der Waals surface area contributed by atoms with Crippen molar-refractivity contribution in [3.05, 3.63) is 373 Å². The van der Waals surface area contributed by atoms with Crippen LogP contribution in [0.3, 0.4) is 0 Å². The second kappa shape index (κ2) is 29.9. The van der Waals surface area contributed by atoms with Gasteiger partial charge in [0.05, 0.1) is 28.4 Å². The van der Waals surface area contributed by atoms with Crippen molar-refractivity contribution in [2.75, 3.05) is 19.6 Å². The summed E-state index contributed by atoms with van der Waals surface area (Å²) in [5, 5.41) is 2.51. The van der Waals surface area contributed by atoms with Gasteiger partial charge < -0.3 is 24.3 Å². The lowest BCUT2D eigenvalue weighted by atomic mass is 9.79. The molecule has 5 nitrogen and oxygen atoms in total. The zero-order valence-corrected chi connectivity index (χ0v) is 65.3. The molecule has 2 heterocycles. The smallest absolute Gasteiger partial charge is 0.151 e. The molecule has 0 aromatic heterocycles. The molecule has 1 aliphatic carbocycles. The molecule has 0 fully saturated rings. The van der Waals surface area contributed by atoms with Gasteiger partial charge in [0.25, 0.3) is 0 Å². The minimum absolute atomic E-state index is 0.0407. The molecular weight excluding hydrogens is 1320 g/mol. The third-order valence-corrected chi connectivity index (χ3v) is 21.8. The number of rotatable bonds is 8. The maximum Gasteiger partial charge on any atom is 0.151 e. The molecule has 0 saturated carbocycles. The van der Waals surface area contributed by atoms with Gasteiger partial charge in [0, 0.05) is 60.4 Å². The van der Waals surface area contributed by atoms with Crippen molar-refractivity contribution in [1.29, 1.82) is 0 Å². The standard InChI is InChI=1S/C31H31N.C26H25N.C22H21NO.C22H21NS/c1-30(2,3)22-16-18-26-27-19-17-25(21-29(27)31(4,5)28(26)20-22)32(23-12-8-6-9-13-23)24-14-10-7-11-15-24;1-26(2,3)21-16-18-23(19-17-21)27(22-12-5-4-6-13-22)25-15-9-11-20-10-7-8-14-24(20)25;2*1-22(2,3)16-12-14-17(15-13-16)23-18-8-4-6-10-20(18)24-21-11-7-5-9-19(21)23/h6-21H,1-5H3;4-19H,1-3H3;2*4-15H,1-3H3. The van der Waals surface area contributed by atoms with Crippen LogP contribution in [0.2, 0.25) is 0 Å². The average molecular weight is 1420 g/mol. The Kier molecular flexibility index (Phi) is 20.3. The number of nitrogens with zero attached hydrogens (tertiary/aromatic N) is 4. The van der Waals surface area contributed by atoms with Gasteiger partial charge in [-0.2, -0.15) is 0 Å². The summed E-state index contributed by atoms with van der Waals surface area (Å²) in [6.45, 7) is 31.8. The fraction of sp³-hybridized carbons (Fsp3) is 0.188. The van der Waals surface area contributed by atoms with E-state index in [2.05, 4.69) is 420 Å². The van der Waals surface area contributed by atoms with Gasteiger partial charge in [-0.1, -0.05) is 309 Å². The molecule has 0 radical (unpaired) electrons. The lowest BCUT2D eigenvalue weighted by molar-refractivity contribution is 0.477. The van der Waals surface area contributed by atoms with E-state index in [0.717, 1.165) is 34.2 Å². The van der Waals surface area contributed by atoms with Crippen LogP contribution in [0.1, 0.15) is 130 Å². The van der Waals surface area contributed by atoms with Crippen LogP contribution in [0.15, 0.2) is 350 Å². The highest BCUT2D eigenvalue weighted by atomic mass is 32.2. The van der Waals surface area contributed by atoms with Crippen molar-refractivity contribution >= 4 is 90.8 Å². The first-order chi connectivity index (χ1) is 51.4. The fourth-order valence-corrected chi connectivity index (χ4v) is 15.7. The molecule has 2 aliphatic heterocycles. The second-order valence-electron chi connectivity index (χ2n) is 32.7. The van der Waals surface area contributed by atoms with E-state index in [4.69, 9.17) is 4.74 Å². The van der Waals surface area contributed by atoms with E-state index in [9.17, 15) is 0 Å². The first kappa shape index (κ1) is 72.6. The largest absolute Gasteiger partial charge is 0.453 e. The van der Waals surface area contributed by atoms with Gasteiger partial charge in [-0.3, -0.25) is 0 Å². The summed E-state index contributed by atoms with van der Waals surface area (Å²) >= 11 is 1.85. The van der Waals surface area contributed by atoms with Gasteiger partial charge in [0.15, 0.2) is 11.5 Å². The van der Waals surface area contributed by atoms with Crippen molar-refractivity contribution < 1.29 is 4.74 Å². The topological polar surface area (TPSA) is 22.2 Å². The molecule has 17 rings (SSSR count). The van der Waals surface area contributed by atoms with Gasteiger partial charge in [-0.15, -0.1) is 0 Å². The highest BCUT2D eigenvalue weighted by Crippen LogP contribution is 2.55. The molecule has 534 valence electrons. The molecule has 107 heavy (non-hydrogen) atoms. The second-order valence-corrected chi connectivity index (χ2v) is 33.8. The number of para-hydroxylation sites is 9. The van der Waals surface area contributed by atoms with Crippen molar-refractivity contribution in [2.24, 2.45) is 0 Å². The van der Waals surface area contributed by atoms with E-state index < -0.39 is 0 Å². The van der Waals surface area contributed by atoms with Crippen molar-refractivity contribution in [3.8, 4) is 22.6 Å². The Hall–Kier alpha value is -11.3. The Morgan fingerprint density at radius 1 is 0.290 bits per heavy atom. The first-order valence-electron chi connectivity index (χ1n) is 37.6. The highest BCUT2D eigenvalue weighted by molar-refractivity contribution is 7.99. The van der Waals surface area contributed by atoms with E-state index in [1.165, 1.54) is 111 Å². The predicted molar refractivity (Wildman–Crippen MR) is 459 cm³/mol. The Morgan fingerprint density at radius 2 is 0.636 bits per heavy atom. The number of anilines is 12. The van der Waals surface area contributed by atoms with Crippen molar-refractivity contribution in [2.45, 2.75) is 134 Å². The van der Waals surface area contributed by atoms with Crippen LogP contribution in [0, 0.1) is 0 Å². The molecular formula is C101H98N4OS. The van der Waals surface area contributed by atoms with Gasteiger partial charge in [-0.05, 0) is 211 Å². The summed E-state index contributed by atoms with van der Waals surface area (Å²) in [4.78, 5) is 11.9. The number of ether oxygens (including phenoxy) is 1. The molecule has 0 amide bonds. The summed E-state index contributed by atoms with van der Waals surface area (Å²) in [5.41, 5.74) is 25.6. The Morgan fingerprint density at radius 3 is 1.11 bits per heavy atom. The summed E-state index contributed by atoms with van der Waals surface area (Å²) < 4.78 is 6.07. The summed E-state index contributed by atoms with van der Waals surface area (Å²) in [7, 11) is 0. The number of fused-ring (bicyclic) bond motifs is 8. The van der Waals surface area contributed by atoms with E-state index in [1.54, 1.807) is 0 Å². The number of benzene rings is 14. The predicted octanol–water partition coefficient (Wildman–Crippen LogP) is 29.8. The SMILES string of the molecule is CC(C)(C)c1ccc(N(c2ccccc2)c2cccc3ccccc23)cc1.CC(C)(C)c1ccc(N2c3ccccc3Oc3ccccc32)cc1.CC(C)(C)c1ccc(N2c3ccccc3Sc3ccccc32)cc1.CC(C)(C)c1ccc2c(c1)C(C)(C)c1cc(N(c3ccccc3)c3ccccc3)ccc1-2. The molecule has 0 saturated heterocycles. The minimum Gasteiger partial charge on any atom is -0.453 e. The van der Waals surface area contributed by atoms with Crippen molar-refractivity contribution in [3.63, 3.8) is 0 Å². The summed E-state index contributed by atoms with van der Waals surface area (Å²) in [6.07, 6.45) is 0. The van der Waals surface area contributed by atoms with Crippen LogP contribution in [0.4, 0.5) is 68.2 Å². The van der Waals surface area contributed by atoms with Gasteiger partial charge in [0.1, 0.15) is 0 Å². The minimum atomic E-state index is -0.0407. The number of hydrogen-bond donors (Lipinski definition) is 0. The third-order valence-electron chi connectivity index (χ3n) is 20.7. The average Bonchev–Trinajstić information content (AvgIpc) is 1.60. The normalized spacial score (nSPS) is 13.0. The molecule has 0 spiro atoms. The molecule has 0 unspecified atom stereocenters. The maximum absolute atomic E-state index is 6.07. The van der Waals surface area contributed by atoms with Crippen LogP contribution in [0.5, 0.6) is 11.5 Å². The molecule has 3 aliphatic rings. The molecule has 0 atom stereocenters. The molecule has 0 N–H and O–H groups in total. The first-order valence-corrected chi connectivity index (χ1v) is 38.4. The van der Waals surface area contributed by atoms with Gasteiger partial charge in [-0.25, -0.2) is 0 Å². The van der Waals surface area contributed by atoms with Crippen LogP contribution in [0.25, 0.3) is 21.9 Å². The fourth-order valence-electron chi connectivity index (χ4n) is 14.6. The van der Waals surface area contributed by atoms with E-state index in [0.29, 0.717) is 0 Å². The maximum atomic E-state index is 6.07. The zero-order chi connectivity index (χ0) is 74.8. The quantitative estimate of drug-likeness (QED) is 0.150. The monoisotopic (exact) mass is 1410 g/mol. The van der Waals surface area contributed by atoms with E-state index in [1.807, 2.05) is 48.2 Å². The van der Waals surface area contributed by atoms with Gasteiger partial charge >= 0.3 is 0 Å². The third kappa shape index (κ3) is 15.4. The van der Waals surface area contributed by atoms with Crippen LogP contribution >= 0.6 is 11.8 Å². The Balaban J connectivity index is 0.000000120. The number of hydrogen-bond acceptors (Lipinski definition) is 6. The Labute approximate surface area is 640 Å². The van der Waals surface area contributed by atoms with Crippen molar-refractivity contribution in [1.82, 2.24) is 0 Å². The summed E-state index contributed by atoms with van der Waals surface area (Å²) in [6, 6.07) is 121. The zero-order valence-electron chi connectivity index (χ0n) is 64.4. The molecule has 14 aromatic carbocycles. The van der Waals surface area contributed by atoms with Gasteiger partial charge in [0.2, 0.25) is 0 Å². The van der Waals surface area contributed by atoms with Crippen LogP contribution in [-0.2, 0) is 27.1 Å². The molecule has 6 heteroatoms. The van der Waals surface area contributed by atoms with E-state index in [-0.39, 0.29) is 27.1 Å².